The molecule has 112 valence electrons. The van der Waals surface area contributed by atoms with Crippen molar-refractivity contribution in [3.63, 3.8) is 0 Å². The molecule has 0 heterocycles. The zero-order valence-electron chi connectivity index (χ0n) is 13.0. The topological polar surface area (TPSA) is 15.3 Å². The number of halogens is 1. The molecule has 0 amide bonds. The maximum atomic E-state index is 13.9. The average molecular weight is 286 g/mol. The fourth-order valence-electron chi connectivity index (χ4n) is 2.42. The highest BCUT2D eigenvalue weighted by atomic mass is 19.1. The van der Waals surface area contributed by atoms with Gasteiger partial charge in [-0.2, -0.15) is 0 Å². The van der Waals surface area contributed by atoms with E-state index in [0.717, 1.165) is 29.9 Å². The Bertz CT molecular complexity index is 596. The zero-order valence-corrected chi connectivity index (χ0v) is 13.0. The van der Waals surface area contributed by atoms with E-state index >= 15 is 0 Å². The molecule has 0 spiro atoms. The zero-order chi connectivity index (χ0) is 15.2. The molecule has 0 aromatic heterocycles. The van der Waals surface area contributed by atoms with Crippen molar-refractivity contribution in [3.8, 4) is 0 Å². The van der Waals surface area contributed by atoms with Gasteiger partial charge in [0.2, 0.25) is 0 Å². The lowest BCUT2D eigenvalue weighted by Gasteiger charge is -2.22. The third kappa shape index (κ3) is 4.05. The second-order valence-corrected chi connectivity index (χ2v) is 5.34. The molecule has 0 aliphatic rings. The summed E-state index contributed by atoms with van der Waals surface area (Å²) in [7, 11) is 1.97. The fourth-order valence-corrected chi connectivity index (χ4v) is 2.42. The van der Waals surface area contributed by atoms with Gasteiger partial charge in [-0.1, -0.05) is 25.1 Å². The van der Waals surface area contributed by atoms with Crippen molar-refractivity contribution in [2.45, 2.75) is 26.8 Å². The van der Waals surface area contributed by atoms with E-state index in [9.17, 15) is 4.39 Å². The molecule has 0 atom stereocenters. The van der Waals surface area contributed by atoms with Gasteiger partial charge >= 0.3 is 0 Å². The van der Waals surface area contributed by atoms with E-state index in [1.165, 1.54) is 5.56 Å². The lowest BCUT2D eigenvalue weighted by molar-refractivity contribution is 0.619. The van der Waals surface area contributed by atoms with Crippen molar-refractivity contribution in [3.05, 3.63) is 59.4 Å². The van der Waals surface area contributed by atoms with Crippen molar-refractivity contribution in [2.75, 3.05) is 18.5 Å². The molecular weight excluding hydrogens is 263 g/mol. The molecule has 0 bridgehead atoms. The summed E-state index contributed by atoms with van der Waals surface area (Å²) in [6, 6.07) is 13.3. The molecule has 2 aromatic carbocycles. The van der Waals surface area contributed by atoms with Crippen LogP contribution in [0, 0.1) is 12.7 Å². The van der Waals surface area contributed by atoms with E-state index in [4.69, 9.17) is 0 Å². The summed E-state index contributed by atoms with van der Waals surface area (Å²) in [5, 5.41) is 3.31. The number of nitrogens with zero attached hydrogens (tertiary/aromatic N) is 1. The second-order valence-electron chi connectivity index (χ2n) is 5.34. The molecule has 2 aromatic rings. The molecule has 0 unspecified atom stereocenters. The van der Waals surface area contributed by atoms with Crippen LogP contribution >= 0.6 is 0 Å². The molecule has 0 saturated heterocycles. The Hall–Kier alpha value is -1.87. The van der Waals surface area contributed by atoms with Gasteiger partial charge in [-0.05, 0) is 55.3 Å². The van der Waals surface area contributed by atoms with E-state index in [1.54, 1.807) is 12.1 Å². The van der Waals surface area contributed by atoms with E-state index in [1.807, 2.05) is 30.1 Å². The third-order valence-electron chi connectivity index (χ3n) is 3.56. The first-order valence-electron chi connectivity index (χ1n) is 7.41. The Morgan fingerprint density at radius 2 is 1.90 bits per heavy atom. The SMILES string of the molecule is CCCNCc1cc(F)cc(N(C)c2ccccc2C)c1. The monoisotopic (exact) mass is 286 g/mol. The van der Waals surface area contributed by atoms with Gasteiger partial charge in [0.1, 0.15) is 5.82 Å². The van der Waals surface area contributed by atoms with Gasteiger partial charge in [0.15, 0.2) is 0 Å². The largest absolute Gasteiger partial charge is 0.344 e. The highest BCUT2D eigenvalue weighted by Crippen LogP contribution is 2.27. The predicted molar refractivity (Wildman–Crippen MR) is 87.6 cm³/mol. The van der Waals surface area contributed by atoms with Gasteiger partial charge < -0.3 is 10.2 Å². The van der Waals surface area contributed by atoms with Crippen LogP contribution in [0.1, 0.15) is 24.5 Å². The van der Waals surface area contributed by atoms with E-state index in [-0.39, 0.29) is 5.82 Å². The lowest BCUT2D eigenvalue weighted by Crippen LogP contribution is -2.15. The summed E-state index contributed by atoms with van der Waals surface area (Å²) < 4.78 is 13.9. The van der Waals surface area contributed by atoms with Crippen molar-refractivity contribution >= 4 is 11.4 Å². The van der Waals surface area contributed by atoms with Crippen molar-refractivity contribution < 1.29 is 4.39 Å². The van der Waals surface area contributed by atoms with Crippen molar-refractivity contribution in [1.82, 2.24) is 5.32 Å². The Kier molecular flexibility index (Phi) is 5.34. The minimum Gasteiger partial charge on any atom is -0.344 e. The van der Waals surface area contributed by atoms with Crippen LogP contribution in [-0.2, 0) is 6.54 Å². The Morgan fingerprint density at radius 1 is 1.14 bits per heavy atom. The maximum Gasteiger partial charge on any atom is 0.125 e. The van der Waals surface area contributed by atoms with Crippen LogP contribution < -0.4 is 10.2 Å². The number of para-hydroxylation sites is 1. The predicted octanol–water partition coefficient (Wildman–Crippen LogP) is 4.40. The van der Waals surface area contributed by atoms with Crippen LogP contribution in [0.2, 0.25) is 0 Å². The minimum absolute atomic E-state index is 0.193. The molecule has 0 radical (unpaired) electrons. The molecule has 2 rings (SSSR count). The lowest BCUT2D eigenvalue weighted by atomic mass is 10.1. The van der Waals surface area contributed by atoms with Gasteiger partial charge in [-0.15, -0.1) is 0 Å². The average Bonchev–Trinajstić information content (AvgIpc) is 2.47. The molecule has 0 aliphatic carbocycles. The molecule has 3 heteroatoms. The molecular formula is C18H23FN2. The van der Waals surface area contributed by atoms with Gasteiger partial charge in [0.05, 0.1) is 0 Å². The van der Waals surface area contributed by atoms with Crippen molar-refractivity contribution in [1.29, 1.82) is 0 Å². The van der Waals surface area contributed by atoms with Crippen LogP contribution in [0.15, 0.2) is 42.5 Å². The fraction of sp³-hybridized carbons (Fsp3) is 0.333. The molecule has 21 heavy (non-hydrogen) atoms. The second kappa shape index (κ2) is 7.23. The maximum absolute atomic E-state index is 13.9. The smallest absolute Gasteiger partial charge is 0.125 e. The van der Waals surface area contributed by atoms with E-state index < -0.39 is 0 Å². The molecule has 1 N–H and O–H groups in total. The van der Waals surface area contributed by atoms with Gasteiger partial charge in [-0.3, -0.25) is 0 Å². The highest BCUT2D eigenvalue weighted by Gasteiger charge is 2.09. The van der Waals surface area contributed by atoms with Gasteiger partial charge in [-0.25, -0.2) is 4.39 Å². The Balaban J connectivity index is 2.24. The molecule has 0 fully saturated rings. The van der Waals surface area contributed by atoms with Gasteiger partial charge in [0, 0.05) is 25.0 Å². The first kappa shape index (κ1) is 15.5. The Morgan fingerprint density at radius 3 is 2.62 bits per heavy atom. The first-order chi connectivity index (χ1) is 10.1. The van der Waals surface area contributed by atoms with Gasteiger partial charge in [0.25, 0.3) is 0 Å². The summed E-state index contributed by atoms with van der Waals surface area (Å²) >= 11 is 0. The summed E-state index contributed by atoms with van der Waals surface area (Å²) in [6.07, 6.45) is 1.07. The van der Waals surface area contributed by atoms with Crippen molar-refractivity contribution in [2.24, 2.45) is 0 Å². The number of anilines is 2. The normalized spacial score (nSPS) is 10.7. The summed E-state index contributed by atoms with van der Waals surface area (Å²) in [4.78, 5) is 2.03. The van der Waals surface area contributed by atoms with Crippen LogP contribution in [0.4, 0.5) is 15.8 Å². The number of aryl methyl sites for hydroxylation is 1. The summed E-state index contributed by atoms with van der Waals surface area (Å²) in [5.74, 6) is -0.193. The Labute approximate surface area is 126 Å². The number of hydrogen-bond donors (Lipinski definition) is 1. The minimum atomic E-state index is -0.193. The summed E-state index contributed by atoms with van der Waals surface area (Å²) in [6.45, 7) is 5.82. The number of nitrogens with one attached hydrogen (secondary N) is 1. The van der Waals surface area contributed by atoms with Crippen LogP contribution in [0.3, 0.4) is 0 Å². The standard InChI is InChI=1S/C18H23FN2/c1-4-9-20-13-15-10-16(19)12-17(11-15)21(3)18-8-6-5-7-14(18)2/h5-8,10-12,20H,4,9,13H2,1-3H3. The number of hydrogen-bond acceptors (Lipinski definition) is 2. The highest BCUT2D eigenvalue weighted by molar-refractivity contribution is 5.66. The quantitative estimate of drug-likeness (QED) is 0.792. The molecule has 0 saturated carbocycles. The molecule has 0 aliphatic heterocycles. The van der Waals surface area contributed by atoms with E-state index in [2.05, 4.69) is 31.3 Å². The van der Waals surface area contributed by atoms with Crippen LogP contribution in [0.25, 0.3) is 0 Å². The number of rotatable bonds is 6. The summed E-state index contributed by atoms with van der Waals surface area (Å²) in [5.41, 5.74) is 4.11. The van der Waals surface area contributed by atoms with Crippen LogP contribution in [-0.4, -0.2) is 13.6 Å². The third-order valence-corrected chi connectivity index (χ3v) is 3.56. The van der Waals surface area contributed by atoms with Crippen LogP contribution in [0.5, 0.6) is 0 Å². The molecule has 2 nitrogen and oxygen atoms in total. The van der Waals surface area contributed by atoms with E-state index in [0.29, 0.717) is 6.54 Å². The number of benzene rings is 2. The first-order valence-corrected chi connectivity index (χ1v) is 7.41.